The van der Waals surface area contributed by atoms with E-state index in [9.17, 15) is 0 Å². The van der Waals surface area contributed by atoms with Crippen molar-refractivity contribution in [1.82, 2.24) is 9.80 Å². The minimum Gasteiger partial charge on any atom is -0.346 e. The fourth-order valence-corrected chi connectivity index (χ4v) is 7.04. The second-order valence-electron chi connectivity index (χ2n) is 9.42. The van der Waals surface area contributed by atoms with E-state index in [2.05, 4.69) is 46.3 Å². The van der Waals surface area contributed by atoms with Gasteiger partial charge in [-0.1, -0.05) is 19.1 Å². The third-order valence-corrected chi connectivity index (χ3v) is 8.17. The Kier molecular flexibility index (Phi) is 4.89. The van der Waals surface area contributed by atoms with Crippen molar-refractivity contribution in [2.75, 3.05) is 31.5 Å². The molecule has 0 amide bonds. The van der Waals surface area contributed by atoms with Gasteiger partial charge in [-0.25, -0.2) is 0 Å². The van der Waals surface area contributed by atoms with Crippen molar-refractivity contribution in [1.29, 1.82) is 0 Å². The van der Waals surface area contributed by atoms with Crippen molar-refractivity contribution < 1.29 is 0 Å². The summed E-state index contributed by atoms with van der Waals surface area (Å²) in [6.45, 7) is 6.70. The number of anilines is 1. The molecule has 1 aliphatic heterocycles. The molecule has 0 atom stereocenters. The van der Waals surface area contributed by atoms with Gasteiger partial charge in [0.1, 0.15) is 0 Å². The summed E-state index contributed by atoms with van der Waals surface area (Å²) in [5.74, 6) is 4.13. The minimum atomic E-state index is 0.878. The van der Waals surface area contributed by atoms with E-state index in [0.717, 1.165) is 60.0 Å². The van der Waals surface area contributed by atoms with E-state index in [1.807, 2.05) is 0 Å². The van der Waals surface area contributed by atoms with Gasteiger partial charge >= 0.3 is 0 Å². The molecule has 4 aliphatic carbocycles. The van der Waals surface area contributed by atoms with Crippen LogP contribution in [0.3, 0.4) is 0 Å². The lowest BCUT2D eigenvalue weighted by atomic mass is 9.54. The summed E-state index contributed by atoms with van der Waals surface area (Å²) in [7, 11) is 0. The van der Waals surface area contributed by atoms with E-state index in [-0.39, 0.29) is 0 Å². The zero-order valence-corrected chi connectivity index (χ0v) is 17.4. The van der Waals surface area contributed by atoms with Gasteiger partial charge in [0.15, 0.2) is 5.11 Å². The molecule has 4 heteroatoms. The first kappa shape index (κ1) is 17.9. The van der Waals surface area contributed by atoms with Gasteiger partial charge in [-0.15, -0.1) is 0 Å². The normalized spacial score (nSPS) is 35.4. The van der Waals surface area contributed by atoms with Crippen molar-refractivity contribution in [3.05, 3.63) is 29.8 Å². The molecule has 0 spiro atoms. The number of aryl methyl sites for hydroxylation is 1. The maximum atomic E-state index is 5.71. The van der Waals surface area contributed by atoms with Gasteiger partial charge in [0, 0.05) is 37.9 Å². The minimum absolute atomic E-state index is 0.878. The highest BCUT2D eigenvalue weighted by Crippen LogP contribution is 2.55. The van der Waals surface area contributed by atoms with Gasteiger partial charge < -0.3 is 10.2 Å². The molecule has 1 heterocycles. The average Bonchev–Trinajstić information content (AvgIpc) is 2.68. The van der Waals surface area contributed by atoms with Crippen LogP contribution < -0.4 is 5.32 Å². The number of nitrogens with one attached hydrogen (secondary N) is 1. The summed E-state index contributed by atoms with van der Waals surface area (Å²) >= 11 is 5.71. The lowest BCUT2D eigenvalue weighted by molar-refractivity contribution is -0.0726. The number of hydrogen-bond acceptors (Lipinski definition) is 2. The number of benzene rings is 1. The molecule has 5 aliphatic rings. The lowest BCUT2D eigenvalue weighted by Gasteiger charge is -2.58. The molecule has 5 fully saturated rings. The molecule has 1 saturated heterocycles. The summed E-state index contributed by atoms with van der Waals surface area (Å²) < 4.78 is 0. The Morgan fingerprint density at radius 2 is 1.52 bits per heavy atom. The second kappa shape index (κ2) is 7.36. The van der Waals surface area contributed by atoms with Crippen LogP contribution in [0, 0.1) is 23.7 Å². The number of thiocarbonyl (C=S) groups is 1. The topological polar surface area (TPSA) is 18.5 Å². The van der Waals surface area contributed by atoms with Crippen molar-refractivity contribution in [3.8, 4) is 0 Å². The highest BCUT2D eigenvalue weighted by atomic mass is 32.1. The SMILES string of the molecule is CCc1ccc(NC(=S)N2CCN(C3C4CC5CC(C4)CC3C5)CC2)cc1. The standard InChI is InChI=1S/C23H33N3S/c1-2-16-3-5-21(6-4-16)24-23(27)26-9-7-25(8-10-26)22-19-12-17-11-18(14-19)15-20(22)13-17/h3-6,17-20,22H,2,7-15H2,1H3,(H,24,27). The lowest BCUT2D eigenvalue weighted by Crippen LogP contribution is -2.60. The molecule has 27 heavy (non-hydrogen) atoms. The van der Waals surface area contributed by atoms with Crippen molar-refractivity contribution in [2.24, 2.45) is 23.7 Å². The Morgan fingerprint density at radius 1 is 0.926 bits per heavy atom. The van der Waals surface area contributed by atoms with Crippen LogP contribution in [0.1, 0.15) is 44.6 Å². The summed E-state index contributed by atoms with van der Waals surface area (Å²) in [5.41, 5.74) is 2.48. The first-order valence-corrected chi connectivity index (χ1v) is 11.5. The first-order valence-electron chi connectivity index (χ1n) is 11.1. The van der Waals surface area contributed by atoms with Crippen LogP contribution in [0.2, 0.25) is 0 Å². The van der Waals surface area contributed by atoms with Gasteiger partial charge in [-0.2, -0.15) is 0 Å². The Hall–Kier alpha value is -1.13. The predicted octanol–water partition coefficient (Wildman–Crippen LogP) is 4.39. The Balaban J connectivity index is 1.16. The predicted molar refractivity (Wildman–Crippen MR) is 116 cm³/mol. The van der Waals surface area contributed by atoms with Crippen LogP contribution in [0.25, 0.3) is 0 Å². The molecule has 4 saturated carbocycles. The molecule has 146 valence electrons. The fourth-order valence-electron chi connectivity index (χ4n) is 6.74. The zero-order valence-electron chi connectivity index (χ0n) is 16.6. The van der Waals surface area contributed by atoms with Crippen molar-refractivity contribution in [3.63, 3.8) is 0 Å². The average molecular weight is 384 g/mol. The van der Waals surface area contributed by atoms with Gasteiger partial charge in [0.2, 0.25) is 0 Å². The van der Waals surface area contributed by atoms with Gasteiger partial charge in [-0.05, 0) is 92.1 Å². The Bertz CT molecular complexity index is 649. The highest BCUT2D eigenvalue weighted by Gasteiger charge is 2.50. The quantitative estimate of drug-likeness (QED) is 0.780. The molecule has 0 aromatic heterocycles. The molecule has 4 bridgehead atoms. The summed E-state index contributed by atoms with van der Waals surface area (Å²) in [5, 5.41) is 4.34. The largest absolute Gasteiger partial charge is 0.346 e. The monoisotopic (exact) mass is 383 g/mol. The third kappa shape index (κ3) is 3.51. The van der Waals surface area contributed by atoms with E-state index < -0.39 is 0 Å². The maximum Gasteiger partial charge on any atom is 0.173 e. The smallest absolute Gasteiger partial charge is 0.173 e. The van der Waals surface area contributed by atoms with Crippen LogP contribution in [-0.4, -0.2) is 47.1 Å². The summed E-state index contributed by atoms with van der Waals surface area (Å²) in [6.07, 6.45) is 8.71. The molecular weight excluding hydrogens is 350 g/mol. The van der Waals surface area contributed by atoms with Gasteiger partial charge in [0.25, 0.3) is 0 Å². The molecule has 6 rings (SSSR count). The summed E-state index contributed by atoms with van der Waals surface area (Å²) in [6, 6.07) is 9.55. The number of nitrogens with zero attached hydrogens (tertiary/aromatic N) is 2. The highest BCUT2D eigenvalue weighted by molar-refractivity contribution is 7.80. The van der Waals surface area contributed by atoms with E-state index in [0.29, 0.717) is 0 Å². The maximum absolute atomic E-state index is 5.71. The van der Waals surface area contributed by atoms with E-state index in [1.165, 1.54) is 44.3 Å². The van der Waals surface area contributed by atoms with Crippen molar-refractivity contribution in [2.45, 2.75) is 51.5 Å². The second-order valence-corrected chi connectivity index (χ2v) is 9.81. The van der Waals surface area contributed by atoms with Crippen LogP contribution in [-0.2, 0) is 6.42 Å². The Morgan fingerprint density at radius 3 is 2.07 bits per heavy atom. The molecular formula is C23H33N3S. The number of hydrogen-bond donors (Lipinski definition) is 1. The molecule has 0 unspecified atom stereocenters. The van der Waals surface area contributed by atoms with E-state index in [1.54, 1.807) is 6.42 Å². The van der Waals surface area contributed by atoms with E-state index in [4.69, 9.17) is 12.2 Å². The molecule has 1 aromatic rings. The Labute approximate surface area is 169 Å². The van der Waals surface area contributed by atoms with Crippen LogP contribution in [0.4, 0.5) is 5.69 Å². The fraction of sp³-hybridized carbons (Fsp3) is 0.696. The van der Waals surface area contributed by atoms with E-state index >= 15 is 0 Å². The number of piperazine rings is 1. The molecule has 0 radical (unpaired) electrons. The van der Waals surface area contributed by atoms with Gasteiger partial charge in [0.05, 0.1) is 0 Å². The molecule has 1 N–H and O–H groups in total. The molecule has 3 nitrogen and oxygen atoms in total. The third-order valence-electron chi connectivity index (χ3n) is 7.81. The van der Waals surface area contributed by atoms with Crippen LogP contribution >= 0.6 is 12.2 Å². The van der Waals surface area contributed by atoms with Crippen LogP contribution in [0.15, 0.2) is 24.3 Å². The van der Waals surface area contributed by atoms with Crippen LogP contribution in [0.5, 0.6) is 0 Å². The summed E-state index contributed by atoms with van der Waals surface area (Å²) in [4.78, 5) is 5.21. The zero-order chi connectivity index (χ0) is 18.4. The van der Waals surface area contributed by atoms with Gasteiger partial charge in [-0.3, -0.25) is 4.90 Å². The van der Waals surface area contributed by atoms with Crippen molar-refractivity contribution >= 4 is 23.0 Å². The molecule has 1 aromatic carbocycles. The number of rotatable bonds is 3. The first-order chi connectivity index (χ1) is 13.2.